The number of hydrogen-bond donors (Lipinski definition) is 2. The molecule has 2 heterocycles. The largest absolute Gasteiger partial charge is 0.511 e. The lowest BCUT2D eigenvalue weighted by molar-refractivity contribution is -0.0496. The molecule has 2 N–H and O–H groups in total. The number of pyridine rings is 1. The Bertz CT molecular complexity index is 778. The zero-order chi connectivity index (χ0) is 20.8. The number of sulfonamides is 1. The first kappa shape index (κ1) is 22.2. The topological polar surface area (TPSA) is 95.9 Å². The number of alkyl halides is 3. The molecule has 12 heteroatoms. The van der Waals surface area contributed by atoms with Gasteiger partial charge in [0.25, 0.3) is 0 Å². The van der Waals surface area contributed by atoms with Gasteiger partial charge in [0.05, 0.1) is 7.11 Å². The molecule has 1 aromatic rings. The number of ether oxygens (including phenoxy) is 1. The summed E-state index contributed by atoms with van der Waals surface area (Å²) >= 11 is 0. The maximum atomic E-state index is 12.6. The van der Waals surface area contributed by atoms with Gasteiger partial charge in [0.2, 0.25) is 5.88 Å². The van der Waals surface area contributed by atoms with Gasteiger partial charge in [0.1, 0.15) is 0 Å². The molecule has 0 aromatic carbocycles. The fourth-order valence-electron chi connectivity index (χ4n) is 2.88. The fourth-order valence-corrected chi connectivity index (χ4v) is 3.87. The Kier molecular flexibility index (Phi) is 7.47. The van der Waals surface area contributed by atoms with Crippen molar-refractivity contribution in [3.8, 4) is 5.88 Å². The van der Waals surface area contributed by atoms with Crippen LogP contribution in [0.4, 0.5) is 13.2 Å². The molecule has 1 aliphatic rings. The number of guanidine groups is 1. The summed E-state index contributed by atoms with van der Waals surface area (Å²) in [6.45, 7) is 0.614. The first-order valence-electron chi connectivity index (χ1n) is 8.68. The van der Waals surface area contributed by atoms with E-state index >= 15 is 0 Å². The zero-order valence-corrected chi connectivity index (χ0v) is 16.5. The second-order valence-corrected chi connectivity index (χ2v) is 8.20. The summed E-state index contributed by atoms with van der Waals surface area (Å²) in [5.41, 5.74) is -4.41. The first-order valence-corrected chi connectivity index (χ1v) is 10.1. The van der Waals surface area contributed by atoms with Gasteiger partial charge in [-0.05, 0) is 24.8 Å². The van der Waals surface area contributed by atoms with E-state index in [9.17, 15) is 21.6 Å². The number of methoxy groups -OCH3 is 1. The number of aromatic nitrogens is 1. The van der Waals surface area contributed by atoms with Crippen LogP contribution in [0.2, 0.25) is 0 Å². The molecule has 1 aliphatic heterocycles. The number of halogens is 3. The minimum Gasteiger partial charge on any atom is -0.481 e. The molecule has 2 rings (SSSR count). The number of nitrogens with zero attached hydrogens (tertiary/aromatic N) is 3. The maximum Gasteiger partial charge on any atom is 0.511 e. The Labute approximate surface area is 162 Å². The van der Waals surface area contributed by atoms with E-state index < -0.39 is 15.5 Å². The summed E-state index contributed by atoms with van der Waals surface area (Å²) in [4.78, 5) is 8.22. The van der Waals surface area contributed by atoms with Crippen molar-refractivity contribution in [3.05, 3.63) is 23.9 Å². The van der Waals surface area contributed by atoms with Crippen molar-refractivity contribution in [1.29, 1.82) is 0 Å². The average Bonchev–Trinajstić information content (AvgIpc) is 2.68. The predicted octanol–water partition coefficient (Wildman–Crippen LogP) is 1.32. The van der Waals surface area contributed by atoms with Gasteiger partial charge in [-0.15, -0.1) is 0 Å². The van der Waals surface area contributed by atoms with Crippen LogP contribution < -0.4 is 15.4 Å². The van der Waals surface area contributed by atoms with Gasteiger partial charge in [-0.1, -0.05) is 6.07 Å². The summed E-state index contributed by atoms with van der Waals surface area (Å²) in [5, 5.41) is 6.23. The van der Waals surface area contributed by atoms with Crippen molar-refractivity contribution < 1.29 is 26.3 Å². The van der Waals surface area contributed by atoms with Gasteiger partial charge in [-0.25, -0.2) is 13.4 Å². The van der Waals surface area contributed by atoms with Crippen molar-refractivity contribution in [2.24, 2.45) is 10.9 Å². The van der Waals surface area contributed by atoms with Crippen LogP contribution in [0, 0.1) is 5.92 Å². The quantitative estimate of drug-likeness (QED) is 0.529. The van der Waals surface area contributed by atoms with Crippen LogP contribution in [-0.4, -0.2) is 63.0 Å². The van der Waals surface area contributed by atoms with Gasteiger partial charge >= 0.3 is 15.5 Å². The number of rotatable bonds is 6. The van der Waals surface area contributed by atoms with Gasteiger partial charge in [0, 0.05) is 45.0 Å². The third-order valence-electron chi connectivity index (χ3n) is 4.48. The third kappa shape index (κ3) is 5.47. The van der Waals surface area contributed by atoms with Crippen LogP contribution in [-0.2, 0) is 16.6 Å². The van der Waals surface area contributed by atoms with E-state index in [1.165, 1.54) is 7.11 Å². The standard InChI is InChI=1S/C16H24F3N5O3S/c1-20-15(23-11-13-4-3-7-21-14(13)27-2)22-10-12-5-8-24(9-6-12)28(25,26)16(17,18)19/h3-4,7,12H,5-6,8-11H2,1-2H3,(H2,20,22,23). The van der Waals surface area contributed by atoms with Gasteiger partial charge in [-0.3, -0.25) is 4.99 Å². The van der Waals surface area contributed by atoms with E-state index in [0.29, 0.717) is 42.1 Å². The molecule has 0 aliphatic carbocycles. The second kappa shape index (κ2) is 9.41. The molecule has 0 radical (unpaired) electrons. The summed E-state index contributed by atoms with van der Waals surface area (Å²) in [7, 11) is -2.11. The molecular formula is C16H24F3N5O3S. The molecule has 1 aromatic heterocycles. The van der Waals surface area contributed by atoms with E-state index in [-0.39, 0.29) is 19.0 Å². The minimum absolute atomic E-state index is 0.0474. The molecule has 1 saturated heterocycles. The lowest BCUT2D eigenvalue weighted by Crippen LogP contribution is -2.47. The average molecular weight is 423 g/mol. The van der Waals surface area contributed by atoms with E-state index in [1.54, 1.807) is 19.3 Å². The van der Waals surface area contributed by atoms with Crippen LogP contribution >= 0.6 is 0 Å². The molecule has 0 atom stereocenters. The Hall–Kier alpha value is -2.08. The molecule has 158 valence electrons. The lowest BCUT2D eigenvalue weighted by Gasteiger charge is -2.31. The highest BCUT2D eigenvalue weighted by atomic mass is 32.2. The lowest BCUT2D eigenvalue weighted by atomic mass is 9.98. The molecule has 1 fully saturated rings. The number of piperidine rings is 1. The van der Waals surface area contributed by atoms with Crippen LogP contribution in [0.3, 0.4) is 0 Å². The van der Waals surface area contributed by atoms with E-state index in [4.69, 9.17) is 4.74 Å². The SMILES string of the molecule is CN=C(NCc1cccnc1OC)NCC1CCN(S(=O)(=O)C(F)(F)F)CC1. The normalized spacial score (nSPS) is 17.4. The Morgan fingerprint density at radius 2 is 2.04 bits per heavy atom. The summed E-state index contributed by atoms with van der Waals surface area (Å²) in [5.74, 6) is 1.08. The van der Waals surface area contributed by atoms with Crippen molar-refractivity contribution >= 4 is 16.0 Å². The van der Waals surface area contributed by atoms with Gasteiger partial charge < -0.3 is 15.4 Å². The second-order valence-electron chi connectivity index (χ2n) is 6.27. The first-order chi connectivity index (χ1) is 13.2. The zero-order valence-electron chi connectivity index (χ0n) is 15.7. The van der Waals surface area contributed by atoms with Crippen LogP contribution in [0.25, 0.3) is 0 Å². The predicted molar refractivity (Wildman–Crippen MR) is 98.3 cm³/mol. The van der Waals surface area contributed by atoms with Crippen LogP contribution in [0.15, 0.2) is 23.3 Å². The fraction of sp³-hybridized carbons (Fsp3) is 0.625. The summed E-state index contributed by atoms with van der Waals surface area (Å²) in [6.07, 6.45) is 2.31. The molecular weight excluding hydrogens is 399 g/mol. The molecule has 0 spiro atoms. The maximum absolute atomic E-state index is 12.6. The Morgan fingerprint density at radius 1 is 1.36 bits per heavy atom. The van der Waals surface area contributed by atoms with Crippen molar-refractivity contribution in [3.63, 3.8) is 0 Å². The molecule has 0 bridgehead atoms. The number of aliphatic imine (C=N–C) groups is 1. The molecule has 8 nitrogen and oxygen atoms in total. The van der Waals surface area contributed by atoms with Crippen molar-refractivity contribution in [1.82, 2.24) is 19.9 Å². The number of hydrogen-bond acceptors (Lipinski definition) is 5. The highest BCUT2D eigenvalue weighted by molar-refractivity contribution is 7.90. The Balaban J connectivity index is 1.81. The smallest absolute Gasteiger partial charge is 0.481 e. The molecule has 0 unspecified atom stereocenters. The van der Waals surface area contributed by atoms with Crippen molar-refractivity contribution in [2.45, 2.75) is 24.9 Å². The van der Waals surface area contributed by atoms with E-state index in [1.807, 2.05) is 6.07 Å². The van der Waals surface area contributed by atoms with E-state index in [2.05, 4.69) is 20.6 Å². The van der Waals surface area contributed by atoms with Gasteiger partial charge in [-0.2, -0.15) is 17.5 Å². The minimum atomic E-state index is -5.25. The molecule has 0 amide bonds. The monoisotopic (exact) mass is 423 g/mol. The molecule has 28 heavy (non-hydrogen) atoms. The summed E-state index contributed by atoms with van der Waals surface area (Å²) in [6, 6.07) is 3.65. The van der Waals surface area contributed by atoms with Crippen LogP contribution in [0.5, 0.6) is 5.88 Å². The van der Waals surface area contributed by atoms with Gasteiger partial charge in [0.15, 0.2) is 5.96 Å². The third-order valence-corrected chi connectivity index (χ3v) is 6.11. The van der Waals surface area contributed by atoms with E-state index in [0.717, 1.165) is 5.56 Å². The van der Waals surface area contributed by atoms with Crippen molar-refractivity contribution in [2.75, 3.05) is 33.8 Å². The highest BCUT2D eigenvalue weighted by Crippen LogP contribution is 2.30. The molecule has 0 saturated carbocycles. The Morgan fingerprint density at radius 3 is 2.61 bits per heavy atom. The summed E-state index contributed by atoms with van der Waals surface area (Å²) < 4.78 is 66.4. The number of nitrogens with one attached hydrogen (secondary N) is 2. The van der Waals surface area contributed by atoms with Crippen LogP contribution in [0.1, 0.15) is 18.4 Å². The highest BCUT2D eigenvalue weighted by Gasteiger charge is 2.50.